The van der Waals surface area contributed by atoms with Crippen LogP contribution in [0.2, 0.25) is 0 Å². The summed E-state index contributed by atoms with van der Waals surface area (Å²) in [5, 5.41) is 0. The van der Waals surface area contributed by atoms with Gasteiger partial charge < -0.3 is 0 Å². The molecule has 2 aromatic carbocycles. The van der Waals surface area contributed by atoms with Gasteiger partial charge in [-0.1, -0.05) is 30.3 Å². The van der Waals surface area contributed by atoms with E-state index < -0.39 is 0 Å². The van der Waals surface area contributed by atoms with Crippen molar-refractivity contribution in [3.05, 3.63) is 66.6 Å². The molecule has 1 aromatic heterocycles. The van der Waals surface area contributed by atoms with E-state index in [0.29, 0.717) is 0 Å². The second-order valence-electron chi connectivity index (χ2n) is 4.38. The molecule has 0 N–H and O–H groups in total. The van der Waals surface area contributed by atoms with E-state index >= 15 is 0 Å². The van der Waals surface area contributed by atoms with Gasteiger partial charge in [-0.25, -0.2) is 8.91 Å². The molecule has 0 aliphatic heterocycles. The van der Waals surface area contributed by atoms with Crippen LogP contribution in [0.15, 0.2) is 65.3 Å². The molecule has 0 saturated heterocycles. The highest BCUT2D eigenvalue weighted by atomic mass is 19.1. The molecule has 0 radical (unpaired) electrons. The van der Waals surface area contributed by atoms with E-state index in [-0.39, 0.29) is 5.82 Å². The van der Waals surface area contributed by atoms with Gasteiger partial charge in [-0.05, 0) is 34.6 Å². The molecule has 0 aliphatic rings. The molecule has 3 heteroatoms. The van der Waals surface area contributed by atoms with Crippen molar-refractivity contribution >= 4 is 0 Å². The van der Waals surface area contributed by atoms with Crippen molar-refractivity contribution in [3.8, 4) is 22.5 Å². The van der Waals surface area contributed by atoms with Crippen LogP contribution in [-0.4, -0.2) is 0 Å². The quantitative estimate of drug-likeness (QED) is 0.639. The zero-order chi connectivity index (χ0) is 13.2. The maximum absolute atomic E-state index is 13.0. The fourth-order valence-electron chi connectivity index (χ4n) is 2.09. The first-order valence-corrected chi connectivity index (χ1v) is 6.05. The second-order valence-corrected chi connectivity index (χ2v) is 4.38. The molecule has 0 aliphatic carbocycles. The Balaban J connectivity index is 2.15. The Kier molecular flexibility index (Phi) is 2.88. The summed E-state index contributed by atoms with van der Waals surface area (Å²) in [6.07, 6.45) is 1.92. The van der Waals surface area contributed by atoms with Crippen molar-refractivity contribution in [3.63, 3.8) is 0 Å². The topological polar surface area (TPSA) is 17.0 Å². The summed E-state index contributed by atoms with van der Waals surface area (Å²) in [5.41, 5.74) is 2.93. The van der Waals surface area contributed by atoms with Crippen LogP contribution in [0.3, 0.4) is 0 Å². The molecule has 1 heterocycles. The van der Waals surface area contributed by atoms with E-state index in [4.69, 9.17) is 4.52 Å². The van der Waals surface area contributed by atoms with Crippen LogP contribution >= 0.6 is 0 Å². The fraction of sp³-hybridized carbons (Fsp3) is 0.0625. The third-order valence-corrected chi connectivity index (χ3v) is 2.98. The summed E-state index contributed by atoms with van der Waals surface area (Å²) in [4.78, 5) is 0. The van der Waals surface area contributed by atoms with Gasteiger partial charge in [0.25, 0.3) is 0 Å². The minimum Gasteiger partial charge on any atom is -0.236 e. The molecule has 0 unspecified atom stereocenters. The number of aromatic nitrogens is 1. The molecule has 2 nitrogen and oxygen atoms in total. The number of aryl methyl sites for hydroxylation is 1. The van der Waals surface area contributed by atoms with Crippen LogP contribution in [0.4, 0.5) is 4.39 Å². The number of nitrogens with zero attached hydrogens (tertiary/aromatic N) is 1. The molecule has 0 fully saturated rings. The fourth-order valence-corrected chi connectivity index (χ4v) is 2.09. The molecule has 94 valence electrons. The van der Waals surface area contributed by atoms with Gasteiger partial charge in [-0.2, -0.15) is 0 Å². The summed E-state index contributed by atoms with van der Waals surface area (Å²) in [6, 6.07) is 16.3. The van der Waals surface area contributed by atoms with Crippen LogP contribution in [-0.2, 0) is 7.05 Å². The highest BCUT2D eigenvalue weighted by Gasteiger charge is 2.18. The molecule has 0 saturated carbocycles. The Bertz CT molecular complexity index is 687. The van der Waals surface area contributed by atoms with Gasteiger partial charge in [0, 0.05) is 5.56 Å². The van der Waals surface area contributed by atoms with E-state index in [1.165, 1.54) is 12.1 Å². The minimum absolute atomic E-state index is 0.249. The summed E-state index contributed by atoms with van der Waals surface area (Å²) < 4.78 is 20.3. The lowest BCUT2D eigenvalue weighted by Crippen LogP contribution is -2.22. The van der Waals surface area contributed by atoms with Crippen LogP contribution in [0.25, 0.3) is 22.5 Å². The molecule has 0 amide bonds. The number of hydrogen-bond donors (Lipinski definition) is 0. The van der Waals surface area contributed by atoms with Crippen LogP contribution in [0, 0.1) is 5.82 Å². The van der Waals surface area contributed by atoms with Crippen molar-refractivity contribution in [2.75, 3.05) is 0 Å². The molecule has 19 heavy (non-hydrogen) atoms. The summed E-state index contributed by atoms with van der Waals surface area (Å²) in [6.45, 7) is 0. The van der Waals surface area contributed by atoms with Crippen molar-refractivity contribution < 1.29 is 13.7 Å². The van der Waals surface area contributed by atoms with E-state index in [1.54, 1.807) is 16.9 Å². The van der Waals surface area contributed by atoms with Gasteiger partial charge in [0.05, 0.1) is 0 Å². The van der Waals surface area contributed by atoms with Gasteiger partial charge in [0.15, 0.2) is 7.05 Å². The second kappa shape index (κ2) is 4.69. The Morgan fingerprint density at radius 2 is 1.58 bits per heavy atom. The van der Waals surface area contributed by atoms with Crippen molar-refractivity contribution in [1.82, 2.24) is 0 Å². The Hall–Kier alpha value is -2.42. The average Bonchev–Trinajstić information content (AvgIpc) is 2.83. The summed E-state index contributed by atoms with van der Waals surface area (Å²) in [7, 11) is 1.83. The molecule has 3 aromatic rings. The van der Waals surface area contributed by atoms with Crippen molar-refractivity contribution in [2.24, 2.45) is 7.05 Å². The van der Waals surface area contributed by atoms with Crippen LogP contribution < -0.4 is 4.74 Å². The van der Waals surface area contributed by atoms with Crippen molar-refractivity contribution in [1.29, 1.82) is 0 Å². The van der Waals surface area contributed by atoms with Gasteiger partial charge in [0.2, 0.25) is 12.0 Å². The number of benzene rings is 2. The smallest absolute Gasteiger partial charge is 0.227 e. The first kappa shape index (κ1) is 11.7. The normalized spacial score (nSPS) is 10.6. The lowest BCUT2D eigenvalue weighted by molar-refractivity contribution is -0.843. The number of halogens is 1. The Labute approximate surface area is 110 Å². The molecule has 0 spiro atoms. The average molecular weight is 254 g/mol. The predicted octanol–water partition coefficient (Wildman–Crippen LogP) is 3.58. The number of hydrogen-bond acceptors (Lipinski definition) is 1. The zero-order valence-electron chi connectivity index (χ0n) is 10.5. The molecular formula is C16H13FNO+. The standard InChI is InChI=1S/C16H13FNO/c1-18-11-15(12-5-3-2-4-6-12)16(19-18)13-7-9-14(17)10-8-13/h2-11H,1H3/q+1. The molecule has 3 rings (SSSR count). The Morgan fingerprint density at radius 1 is 0.895 bits per heavy atom. The van der Waals surface area contributed by atoms with E-state index in [0.717, 1.165) is 22.5 Å². The van der Waals surface area contributed by atoms with Crippen LogP contribution in [0.5, 0.6) is 0 Å². The maximum Gasteiger partial charge on any atom is 0.227 e. The number of rotatable bonds is 2. The monoisotopic (exact) mass is 254 g/mol. The van der Waals surface area contributed by atoms with Gasteiger partial charge in [-0.3, -0.25) is 0 Å². The third-order valence-electron chi connectivity index (χ3n) is 2.98. The highest BCUT2D eigenvalue weighted by Crippen LogP contribution is 2.31. The molecular weight excluding hydrogens is 241 g/mol. The SMILES string of the molecule is C[n+]1cc(-c2ccccc2)c(-c2ccc(F)cc2)o1. The van der Waals surface area contributed by atoms with E-state index in [2.05, 4.69) is 0 Å². The lowest BCUT2D eigenvalue weighted by Gasteiger charge is -1.98. The summed E-state index contributed by atoms with van der Waals surface area (Å²) in [5.74, 6) is 0.495. The third kappa shape index (κ3) is 2.27. The van der Waals surface area contributed by atoms with Crippen molar-refractivity contribution in [2.45, 2.75) is 0 Å². The maximum atomic E-state index is 13.0. The van der Waals surface area contributed by atoms with Gasteiger partial charge in [-0.15, -0.1) is 0 Å². The molecule has 0 bridgehead atoms. The van der Waals surface area contributed by atoms with Gasteiger partial charge in [0.1, 0.15) is 11.4 Å². The highest BCUT2D eigenvalue weighted by molar-refractivity contribution is 5.78. The first-order chi connectivity index (χ1) is 9.24. The lowest BCUT2D eigenvalue weighted by atomic mass is 10.0. The largest absolute Gasteiger partial charge is 0.236 e. The predicted molar refractivity (Wildman–Crippen MR) is 70.7 cm³/mol. The first-order valence-electron chi connectivity index (χ1n) is 6.05. The Morgan fingerprint density at radius 3 is 2.26 bits per heavy atom. The van der Waals surface area contributed by atoms with Crippen LogP contribution in [0.1, 0.15) is 0 Å². The van der Waals surface area contributed by atoms with E-state index in [1.807, 2.05) is 43.6 Å². The minimum atomic E-state index is -0.249. The van der Waals surface area contributed by atoms with Gasteiger partial charge >= 0.3 is 0 Å². The summed E-state index contributed by atoms with van der Waals surface area (Å²) >= 11 is 0. The van der Waals surface area contributed by atoms with E-state index in [9.17, 15) is 4.39 Å². The molecule has 0 atom stereocenters. The zero-order valence-corrected chi connectivity index (χ0v) is 10.5.